The maximum absolute atomic E-state index is 2.57. The molecule has 2 aliphatic carbocycles. The van der Waals surface area contributed by atoms with Crippen LogP contribution in [0.2, 0.25) is 0 Å². The molecule has 278 valence electrons. The van der Waals surface area contributed by atoms with Crippen molar-refractivity contribution in [1.29, 1.82) is 0 Å². The summed E-state index contributed by atoms with van der Waals surface area (Å²) in [7, 11) is 0. The number of para-hydroxylation sites is 1. The van der Waals surface area contributed by atoms with Crippen LogP contribution in [0.1, 0.15) is 70.1 Å². The van der Waals surface area contributed by atoms with Crippen LogP contribution in [-0.4, -0.2) is 5.71 Å². The number of allylic oxidation sites excluding steroid dienone is 12. The summed E-state index contributed by atoms with van der Waals surface area (Å²) >= 11 is 0. The number of rotatable bonds is 6. The van der Waals surface area contributed by atoms with Crippen molar-refractivity contribution in [2.24, 2.45) is 0 Å². The van der Waals surface area contributed by atoms with Crippen molar-refractivity contribution in [1.82, 2.24) is 4.58 Å². The Morgan fingerprint density at radius 2 is 1.26 bits per heavy atom. The van der Waals surface area contributed by atoms with Crippen LogP contribution in [0.3, 0.4) is 0 Å². The molecule has 6 aromatic rings. The second kappa shape index (κ2) is 13.7. The SMILES string of the molecule is CC1(C)C(/C=C/C2=C(c3ccccc3)C(=C/C=C3/N(C4=CC=CCC4)c4ccc5ccccc5c4C3(C)C)/CC2)=[N+](c2ccccc2)c2ccc3ccccc3c21. The summed E-state index contributed by atoms with van der Waals surface area (Å²) < 4.78 is 2.49. The van der Waals surface area contributed by atoms with E-state index < -0.39 is 0 Å². The van der Waals surface area contributed by atoms with E-state index in [0.29, 0.717) is 0 Å². The number of hydrogen-bond acceptors (Lipinski definition) is 1. The Hall–Kier alpha value is -6.25. The monoisotopic (exact) mass is 737 g/mol. The third-order valence-corrected chi connectivity index (χ3v) is 12.9. The number of anilines is 1. The quantitative estimate of drug-likeness (QED) is 0.154. The van der Waals surface area contributed by atoms with Crippen LogP contribution in [0.25, 0.3) is 27.1 Å². The zero-order valence-electron chi connectivity index (χ0n) is 33.5. The Balaban J connectivity index is 1.12. The van der Waals surface area contributed by atoms with Gasteiger partial charge in [0.25, 0.3) is 0 Å². The van der Waals surface area contributed by atoms with Crippen molar-refractivity contribution < 1.29 is 0 Å². The molecule has 6 aromatic carbocycles. The summed E-state index contributed by atoms with van der Waals surface area (Å²) in [4.78, 5) is 2.57. The minimum absolute atomic E-state index is 0.183. The van der Waals surface area contributed by atoms with Gasteiger partial charge in [0.1, 0.15) is 0 Å². The molecule has 0 radical (unpaired) electrons. The van der Waals surface area contributed by atoms with Gasteiger partial charge in [0.2, 0.25) is 11.4 Å². The third-order valence-electron chi connectivity index (χ3n) is 12.9. The van der Waals surface area contributed by atoms with E-state index in [1.54, 1.807) is 0 Å². The van der Waals surface area contributed by atoms with Gasteiger partial charge in [-0.15, -0.1) is 0 Å². The topological polar surface area (TPSA) is 6.25 Å². The van der Waals surface area contributed by atoms with Gasteiger partial charge >= 0.3 is 0 Å². The largest absolute Gasteiger partial charge is 0.317 e. The lowest BCUT2D eigenvalue weighted by atomic mass is 9.79. The van der Waals surface area contributed by atoms with E-state index in [9.17, 15) is 0 Å². The molecule has 0 spiro atoms. The second-order valence-electron chi connectivity index (χ2n) is 17.0. The molecule has 0 amide bonds. The van der Waals surface area contributed by atoms with Gasteiger partial charge in [-0.05, 0) is 113 Å². The molecule has 0 saturated heterocycles. The molecule has 57 heavy (non-hydrogen) atoms. The van der Waals surface area contributed by atoms with Gasteiger partial charge < -0.3 is 4.90 Å². The average molecular weight is 738 g/mol. The first-order valence-electron chi connectivity index (χ1n) is 20.6. The van der Waals surface area contributed by atoms with Gasteiger partial charge in [0, 0.05) is 46.6 Å². The second-order valence-corrected chi connectivity index (χ2v) is 17.0. The first-order chi connectivity index (χ1) is 27.8. The fourth-order valence-electron chi connectivity index (χ4n) is 10.2. The normalized spacial score (nSPS) is 19.8. The van der Waals surface area contributed by atoms with Crippen LogP contribution in [0.5, 0.6) is 0 Å². The Morgan fingerprint density at radius 3 is 1.98 bits per heavy atom. The minimum Gasteiger partial charge on any atom is -0.317 e. The van der Waals surface area contributed by atoms with Crippen molar-refractivity contribution in [3.05, 3.63) is 215 Å². The molecule has 2 heteroatoms. The number of nitrogens with zero attached hydrogens (tertiary/aromatic N) is 2. The molecule has 0 saturated carbocycles. The third kappa shape index (κ3) is 5.73. The molecule has 0 fully saturated rings. The van der Waals surface area contributed by atoms with Crippen LogP contribution in [0, 0.1) is 0 Å². The standard InChI is InChI=1S/C55H49N2/c1-54(2)49(56(43-22-10-6-11-23-43)47-34-30-38-18-14-16-26-45(38)52(47)54)36-32-41-28-29-42(51(41)40-20-8-5-9-21-40)33-37-50-55(3,4)53-46-27-17-15-19-39(46)31-35-48(53)57(50)44-24-12-7-13-25-44/h5-12,14-24,26-27,30-37H,13,25,28-29H2,1-4H3/q+1. The minimum atomic E-state index is -0.211. The van der Waals surface area contributed by atoms with Crippen molar-refractivity contribution in [2.45, 2.75) is 64.2 Å². The summed E-state index contributed by atoms with van der Waals surface area (Å²) in [6, 6.07) is 48.9. The lowest BCUT2D eigenvalue weighted by Gasteiger charge is -2.29. The van der Waals surface area contributed by atoms with Crippen molar-refractivity contribution in [3.63, 3.8) is 0 Å². The maximum atomic E-state index is 2.57. The predicted molar refractivity (Wildman–Crippen MR) is 244 cm³/mol. The molecule has 0 unspecified atom stereocenters. The molecule has 2 aliphatic heterocycles. The fourth-order valence-corrected chi connectivity index (χ4v) is 10.2. The molecule has 4 aliphatic rings. The van der Waals surface area contributed by atoms with Gasteiger partial charge in [-0.2, -0.15) is 4.58 Å². The molecule has 0 N–H and O–H groups in total. The summed E-state index contributed by atoms with van der Waals surface area (Å²) in [5, 5.41) is 5.26. The highest BCUT2D eigenvalue weighted by atomic mass is 15.2. The molecule has 0 aromatic heterocycles. The van der Waals surface area contributed by atoms with Crippen LogP contribution in [0.15, 0.2) is 199 Å². The highest BCUT2D eigenvalue weighted by Crippen LogP contribution is 2.53. The summed E-state index contributed by atoms with van der Waals surface area (Å²) in [5.74, 6) is 0. The molecular formula is C55H49N2+. The van der Waals surface area contributed by atoms with Gasteiger partial charge in [-0.25, -0.2) is 0 Å². The van der Waals surface area contributed by atoms with Gasteiger partial charge in [0.15, 0.2) is 5.71 Å². The number of benzene rings is 6. The van der Waals surface area contributed by atoms with E-state index >= 15 is 0 Å². The van der Waals surface area contributed by atoms with Crippen molar-refractivity contribution in [3.8, 4) is 0 Å². The lowest BCUT2D eigenvalue weighted by molar-refractivity contribution is 0.642. The van der Waals surface area contributed by atoms with Crippen molar-refractivity contribution in [2.75, 3.05) is 4.90 Å². The molecule has 0 atom stereocenters. The summed E-state index contributed by atoms with van der Waals surface area (Å²) in [6.07, 6.45) is 20.7. The number of fused-ring (bicyclic) bond motifs is 6. The molecular weight excluding hydrogens is 689 g/mol. The first kappa shape index (κ1) is 35.2. The first-order valence-corrected chi connectivity index (χ1v) is 20.6. The summed E-state index contributed by atoms with van der Waals surface area (Å²) in [6.45, 7) is 9.62. The zero-order valence-corrected chi connectivity index (χ0v) is 33.5. The highest BCUT2D eigenvalue weighted by Gasteiger charge is 2.47. The van der Waals surface area contributed by atoms with Crippen molar-refractivity contribution >= 4 is 49.9 Å². The van der Waals surface area contributed by atoms with E-state index in [2.05, 4.69) is 213 Å². The lowest BCUT2D eigenvalue weighted by Crippen LogP contribution is -2.28. The van der Waals surface area contributed by atoms with E-state index in [0.717, 1.165) is 25.7 Å². The maximum Gasteiger partial charge on any atom is 0.216 e. The Bertz CT molecular complexity index is 2820. The Morgan fingerprint density at radius 1 is 0.596 bits per heavy atom. The molecule has 2 nitrogen and oxygen atoms in total. The van der Waals surface area contributed by atoms with Gasteiger partial charge in [-0.1, -0.05) is 141 Å². The fraction of sp³-hybridized carbons (Fsp3) is 0.182. The Labute approximate surface area is 337 Å². The highest BCUT2D eigenvalue weighted by molar-refractivity contribution is 6.14. The molecule has 10 rings (SSSR count). The summed E-state index contributed by atoms with van der Waals surface area (Å²) in [5.41, 5.74) is 15.6. The predicted octanol–water partition coefficient (Wildman–Crippen LogP) is 14.2. The van der Waals surface area contributed by atoms with Crippen LogP contribution in [-0.2, 0) is 10.8 Å². The average Bonchev–Trinajstić information content (AvgIpc) is 3.84. The zero-order chi connectivity index (χ0) is 38.7. The van der Waals surface area contributed by atoms with Crippen LogP contribution < -0.4 is 9.48 Å². The molecule has 0 bridgehead atoms. The van der Waals surface area contributed by atoms with E-state index in [-0.39, 0.29) is 10.8 Å². The number of hydrogen-bond donors (Lipinski definition) is 0. The smallest absolute Gasteiger partial charge is 0.216 e. The van der Waals surface area contributed by atoms with E-state index in [4.69, 9.17) is 0 Å². The van der Waals surface area contributed by atoms with Gasteiger partial charge in [-0.3, -0.25) is 0 Å². The van der Waals surface area contributed by atoms with Gasteiger partial charge in [0.05, 0.1) is 11.1 Å². The van der Waals surface area contributed by atoms with E-state index in [1.807, 2.05) is 0 Å². The molecule has 2 heterocycles. The van der Waals surface area contributed by atoms with Crippen LogP contribution in [0.4, 0.5) is 17.1 Å². The Kier molecular flexibility index (Phi) is 8.48. The van der Waals surface area contributed by atoms with E-state index in [1.165, 1.54) is 89.1 Å². The van der Waals surface area contributed by atoms with Crippen LogP contribution >= 0.6 is 0 Å².